The van der Waals surface area contributed by atoms with Crippen LogP contribution in [0.4, 0.5) is 0 Å². The second-order valence-electron chi connectivity index (χ2n) is 7.31. The molecule has 0 bridgehead atoms. The molecule has 0 aliphatic heterocycles. The van der Waals surface area contributed by atoms with E-state index in [9.17, 15) is 9.59 Å². The molecule has 0 fully saturated rings. The monoisotopic (exact) mass is 377 g/mol. The highest BCUT2D eigenvalue weighted by molar-refractivity contribution is 5.89. The van der Waals surface area contributed by atoms with Crippen molar-refractivity contribution in [1.82, 2.24) is 20.9 Å². The van der Waals surface area contributed by atoms with Crippen molar-refractivity contribution in [2.24, 2.45) is 4.99 Å². The fraction of sp³-hybridized carbons (Fsp3) is 0.526. The molecule has 0 heterocycles. The second-order valence-corrected chi connectivity index (χ2v) is 7.31. The number of hydrogen-bond donors (Lipinski definition) is 3. The van der Waals surface area contributed by atoms with Crippen LogP contribution < -0.4 is 20.7 Å². The van der Waals surface area contributed by atoms with Crippen LogP contribution in [0.15, 0.2) is 29.3 Å². The molecule has 0 radical (unpaired) electrons. The van der Waals surface area contributed by atoms with Gasteiger partial charge in [-0.25, -0.2) is 4.99 Å². The number of rotatable bonds is 7. The Morgan fingerprint density at radius 1 is 1.07 bits per heavy atom. The maximum atomic E-state index is 12.0. The fourth-order valence-electron chi connectivity index (χ4n) is 2.02. The number of likely N-dealkylation sites (N-methyl/N-ethyl adjacent to an activating group) is 1. The standard InChI is InChI=1S/C19H31N5O3/c1-19(2,3)23-16(25)12-21-18(22-13-17(26)24(4)5)20-11-14-7-9-15(27-6)10-8-14/h7-10H,11-13H2,1-6H3,(H,23,25)(H2,20,21,22). The number of aliphatic imine (C=N–C) groups is 1. The van der Waals surface area contributed by atoms with Gasteiger partial charge in [-0.3, -0.25) is 9.59 Å². The van der Waals surface area contributed by atoms with E-state index in [0.29, 0.717) is 12.5 Å². The second kappa shape index (κ2) is 10.4. The molecule has 0 atom stereocenters. The highest BCUT2D eigenvalue weighted by Crippen LogP contribution is 2.11. The van der Waals surface area contributed by atoms with Crippen molar-refractivity contribution in [3.8, 4) is 5.75 Å². The minimum absolute atomic E-state index is 0.0574. The van der Waals surface area contributed by atoms with E-state index in [0.717, 1.165) is 11.3 Å². The number of hydrogen-bond acceptors (Lipinski definition) is 4. The van der Waals surface area contributed by atoms with Gasteiger partial charge in [0.05, 0.1) is 26.7 Å². The molecule has 0 aliphatic carbocycles. The van der Waals surface area contributed by atoms with Gasteiger partial charge in [0.15, 0.2) is 5.96 Å². The minimum atomic E-state index is -0.312. The number of methoxy groups -OCH3 is 1. The van der Waals surface area contributed by atoms with Crippen LogP contribution in [-0.2, 0) is 16.1 Å². The van der Waals surface area contributed by atoms with Gasteiger partial charge in [0.25, 0.3) is 0 Å². The van der Waals surface area contributed by atoms with Gasteiger partial charge in [0, 0.05) is 19.6 Å². The molecule has 150 valence electrons. The number of nitrogens with one attached hydrogen (secondary N) is 3. The van der Waals surface area contributed by atoms with Crippen LogP contribution in [-0.4, -0.2) is 62.5 Å². The zero-order valence-corrected chi connectivity index (χ0v) is 17.0. The Hall–Kier alpha value is -2.77. The predicted molar refractivity (Wildman–Crippen MR) is 107 cm³/mol. The van der Waals surface area contributed by atoms with Crippen LogP contribution >= 0.6 is 0 Å². The molecule has 1 aromatic carbocycles. The zero-order valence-electron chi connectivity index (χ0n) is 17.0. The van der Waals surface area contributed by atoms with Crippen molar-refractivity contribution in [3.63, 3.8) is 0 Å². The highest BCUT2D eigenvalue weighted by atomic mass is 16.5. The molecule has 0 saturated carbocycles. The average Bonchev–Trinajstić information content (AvgIpc) is 2.59. The molecule has 8 nitrogen and oxygen atoms in total. The van der Waals surface area contributed by atoms with E-state index >= 15 is 0 Å². The Kier molecular flexibility index (Phi) is 8.58. The molecule has 2 amide bonds. The average molecular weight is 377 g/mol. The van der Waals surface area contributed by atoms with E-state index in [4.69, 9.17) is 4.74 Å². The normalized spacial score (nSPS) is 11.6. The molecular formula is C19H31N5O3. The highest BCUT2D eigenvalue weighted by Gasteiger charge is 2.14. The third kappa shape index (κ3) is 9.48. The number of amides is 2. The summed E-state index contributed by atoms with van der Waals surface area (Å²) in [5.41, 5.74) is 0.669. The van der Waals surface area contributed by atoms with E-state index in [1.54, 1.807) is 21.2 Å². The first kappa shape index (κ1) is 22.3. The van der Waals surface area contributed by atoms with E-state index in [1.807, 2.05) is 45.0 Å². The van der Waals surface area contributed by atoms with E-state index in [1.165, 1.54) is 4.90 Å². The number of guanidine groups is 1. The van der Waals surface area contributed by atoms with Crippen molar-refractivity contribution in [2.45, 2.75) is 32.9 Å². The van der Waals surface area contributed by atoms with Crippen molar-refractivity contribution in [2.75, 3.05) is 34.3 Å². The lowest BCUT2D eigenvalue weighted by molar-refractivity contribution is -0.127. The van der Waals surface area contributed by atoms with E-state index < -0.39 is 0 Å². The number of nitrogens with zero attached hydrogens (tertiary/aromatic N) is 2. The van der Waals surface area contributed by atoms with Gasteiger partial charge < -0.3 is 25.6 Å². The van der Waals surface area contributed by atoms with Gasteiger partial charge in [-0.15, -0.1) is 0 Å². The summed E-state index contributed by atoms with van der Waals surface area (Å²) in [6.07, 6.45) is 0. The van der Waals surface area contributed by atoms with Crippen LogP contribution in [0.1, 0.15) is 26.3 Å². The van der Waals surface area contributed by atoms with Crippen LogP contribution in [0.25, 0.3) is 0 Å². The molecule has 0 aliphatic rings. The Labute approximate surface area is 161 Å². The zero-order chi connectivity index (χ0) is 20.4. The smallest absolute Gasteiger partial charge is 0.241 e. The SMILES string of the molecule is COc1ccc(CN=C(NCC(=O)NC(C)(C)C)NCC(=O)N(C)C)cc1. The number of carbonyl (C=O) groups excluding carboxylic acids is 2. The molecule has 0 unspecified atom stereocenters. The Morgan fingerprint density at radius 3 is 2.19 bits per heavy atom. The largest absolute Gasteiger partial charge is 0.497 e. The number of benzene rings is 1. The Morgan fingerprint density at radius 2 is 1.67 bits per heavy atom. The predicted octanol–water partition coefficient (Wildman–Crippen LogP) is 0.733. The molecule has 0 saturated heterocycles. The lowest BCUT2D eigenvalue weighted by Gasteiger charge is -2.21. The van der Waals surface area contributed by atoms with Crippen molar-refractivity contribution in [1.29, 1.82) is 0 Å². The first-order valence-electron chi connectivity index (χ1n) is 8.77. The first-order valence-corrected chi connectivity index (χ1v) is 8.77. The third-order valence-electron chi connectivity index (χ3n) is 3.42. The summed E-state index contributed by atoms with van der Waals surface area (Å²) in [6.45, 7) is 6.29. The van der Waals surface area contributed by atoms with Crippen LogP contribution in [0.3, 0.4) is 0 Å². The molecule has 3 N–H and O–H groups in total. The molecule has 27 heavy (non-hydrogen) atoms. The summed E-state index contributed by atoms with van der Waals surface area (Å²) >= 11 is 0. The summed E-state index contributed by atoms with van der Waals surface area (Å²) in [6, 6.07) is 7.55. The van der Waals surface area contributed by atoms with Gasteiger partial charge in [-0.1, -0.05) is 12.1 Å². The number of carbonyl (C=O) groups is 2. The van der Waals surface area contributed by atoms with E-state index in [2.05, 4.69) is 20.9 Å². The quantitative estimate of drug-likeness (QED) is 0.481. The lowest BCUT2D eigenvalue weighted by atomic mass is 10.1. The van der Waals surface area contributed by atoms with Crippen LogP contribution in [0.5, 0.6) is 5.75 Å². The van der Waals surface area contributed by atoms with Crippen molar-refractivity contribution >= 4 is 17.8 Å². The molecule has 0 aromatic heterocycles. The van der Waals surface area contributed by atoms with Crippen LogP contribution in [0.2, 0.25) is 0 Å². The van der Waals surface area contributed by atoms with Crippen LogP contribution in [0, 0.1) is 0 Å². The first-order chi connectivity index (χ1) is 12.6. The number of ether oxygens (including phenoxy) is 1. The molecule has 1 rings (SSSR count). The van der Waals surface area contributed by atoms with Gasteiger partial charge in [-0.2, -0.15) is 0 Å². The Bertz CT molecular complexity index is 648. The maximum Gasteiger partial charge on any atom is 0.241 e. The summed E-state index contributed by atoms with van der Waals surface area (Å²) in [5.74, 6) is 0.924. The Balaban J connectivity index is 2.73. The summed E-state index contributed by atoms with van der Waals surface area (Å²) in [7, 11) is 4.98. The van der Waals surface area contributed by atoms with Gasteiger partial charge >= 0.3 is 0 Å². The topological polar surface area (TPSA) is 95.1 Å². The molecule has 8 heteroatoms. The summed E-state index contributed by atoms with van der Waals surface area (Å²) in [4.78, 5) is 29.8. The molecular weight excluding hydrogens is 346 g/mol. The van der Waals surface area contributed by atoms with Gasteiger partial charge in [0.2, 0.25) is 11.8 Å². The lowest BCUT2D eigenvalue weighted by Crippen LogP contribution is -2.49. The van der Waals surface area contributed by atoms with Gasteiger partial charge in [-0.05, 0) is 38.5 Å². The summed E-state index contributed by atoms with van der Waals surface area (Å²) in [5, 5.41) is 8.79. The summed E-state index contributed by atoms with van der Waals surface area (Å²) < 4.78 is 5.14. The molecule has 0 spiro atoms. The minimum Gasteiger partial charge on any atom is -0.497 e. The van der Waals surface area contributed by atoms with E-state index in [-0.39, 0.29) is 30.4 Å². The third-order valence-corrected chi connectivity index (χ3v) is 3.42. The maximum absolute atomic E-state index is 12.0. The van der Waals surface area contributed by atoms with Crippen molar-refractivity contribution in [3.05, 3.63) is 29.8 Å². The van der Waals surface area contributed by atoms with Gasteiger partial charge in [0.1, 0.15) is 5.75 Å². The molecule has 1 aromatic rings. The van der Waals surface area contributed by atoms with Crippen molar-refractivity contribution < 1.29 is 14.3 Å². The fourth-order valence-corrected chi connectivity index (χ4v) is 2.02.